The van der Waals surface area contributed by atoms with E-state index in [9.17, 15) is 18.0 Å². The van der Waals surface area contributed by atoms with Crippen LogP contribution in [-0.4, -0.2) is 74.6 Å². The van der Waals surface area contributed by atoms with Crippen molar-refractivity contribution >= 4 is 50.1 Å². The normalized spacial score (nSPS) is 23.5. The molecule has 2 fully saturated rings. The number of fused-ring (bicyclic) bond motifs is 1. The molecule has 0 spiro atoms. The highest BCUT2D eigenvalue weighted by Gasteiger charge is 2.49. The molecule has 170 valence electrons. The van der Waals surface area contributed by atoms with Gasteiger partial charge in [0.1, 0.15) is 12.1 Å². The predicted octanol–water partition coefficient (Wildman–Crippen LogP) is 1.88. The zero-order valence-corrected chi connectivity index (χ0v) is 19.9. The molecule has 1 aromatic rings. The quantitative estimate of drug-likeness (QED) is 0.714. The van der Waals surface area contributed by atoms with Crippen LogP contribution in [0.4, 0.5) is 16.2 Å². The van der Waals surface area contributed by atoms with Crippen molar-refractivity contribution in [2.45, 2.75) is 37.7 Å². The van der Waals surface area contributed by atoms with Crippen molar-refractivity contribution in [3.63, 3.8) is 0 Å². The van der Waals surface area contributed by atoms with Gasteiger partial charge in [-0.25, -0.2) is 13.2 Å². The van der Waals surface area contributed by atoms with Crippen LogP contribution < -0.4 is 15.1 Å². The Morgan fingerprint density at radius 2 is 1.87 bits per heavy atom. The van der Waals surface area contributed by atoms with Gasteiger partial charge in [-0.05, 0) is 45.0 Å². The van der Waals surface area contributed by atoms with Gasteiger partial charge in [0, 0.05) is 30.7 Å². The van der Waals surface area contributed by atoms with E-state index in [2.05, 4.69) is 10.3 Å². The van der Waals surface area contributed by atoms with Crippen molar-refractivity contribution < 1.29 is 22.7 Å². The number of aliphatic imine (C=N–C) groups is 1. The molecule has 0 unspecified atom stereocenters. The zero-order chi connectivity index (χ0) is 23.0. The number of carbonyl (C=O) groups excluding carboxylic acids is 2. The first-order valence-electron chi connectivity index (χ1n) is 9.87. The maximum absolute atomic E-state index is 12.4. The molecule has 0 aromatic heterocycles. The van der Waals surface area contributed by atoms with E-state index in [0.29, 0.717) is 5.17 Å². The summed E-state index contributed by atoms with van der Waals surface area (Å²) in [5.41, 5.74) is 1.11. The van der Waals surface area contributed by atoms with E-state index in [4.69, 9.17) is 4.74 Å². The minimum absolute atomic E-state index is 0.0173. The highest BCUT2D eigenvalue weighted by atomic mass is 32.2. The fraction of sp³-hybridized carbons (Fsp3) is 0.550. The molecule has 31 heavy (non-hydrogen) atoms. The fourth-order valence-electron chi connectivity index (χ4n) is 3.39. The number of alkyl carbamates (subject to hydrolysis) is 1. The smallest absolute Gasteiger partial charge is 0.408 e. The van der Waals surface area contributed by atoms with Gasteiger partial charge in [-0.15, -0.1) is 0 Å². The lowest BCUT2D eigenvalue weighted by molar-refractivity contribution is -0.117. The number of nitrogens with one attached hydrogen (secondary N) is 1. The average Bonchev–Trinajstić information content (AvgIpc) is 3.09. The second-order valence-electron chi connectivity index (χ2n) is 8.72. The molecular formula is C20H28N4O5S2. The number of hydrogen-bond acceptors (Lipinski definition) is 7. The Kier molecular flexibility index (Phi) is 6.56. The lowest BCUT2D eigenvalue weighted by atomic mass is 10.2. The Bertz CT molecular complexity index is 984. The van der Waals surface area contributed by atoms with Crippen LogP contribution in [0, 0.1) is 0 Å². The number of nitrogens with zero attached hydrogens (tertiary/aromatic N) is 3. The van der Waals surface area contributed by atoms with Gasteiger partial charge in [-0.2, -0.15) is 4.99 Å². The SMILES string of the molecule is CN(C)c1ccc(N2C(=NC(=O)CNC(=O)OC(C)(C)C)S[C@H]3CS(=O)(=O)C[C@@H]32)cc1. The Hall–Kier alpha value is -2.27. The summed E-state index contributed by atoms with van der Waals surface area (Å²) in [6.07, 6.45) is -0.695. The van der Waals surface area contributed by atoms with Gasteiger partial charge in [0.05, 0.1) is 17.5 Å². The molecule has 0 aliphatic carbocycles. The summed E-state index contributed by atoms with van der Waals surface area (Å²) >= 11 is 1.29. The minimum atomic E-state index is -3.14. The summed E-state index contributed by atoms with van der Waals surface area (Å²) in [6.45, 7) is 4.89. The maximum atomic E-state index is 12.4. The molecule has 2 heterocycles. The summed E-state index contributed by atoms with van der Waals surface area (Å²) in [5.74, 6) is -0.465. The highest BCUT2D eigenvalue weighted by molar-refractivity contribution is 8.16. The topological polar surface area (TPSA) is 108 Å². The second kappa shape index (κ2) is 8.70. The number of carbonyl (C=O) groups is 2. The molecule has 0 bridgehead atoms. The van der Waals surface area contributed by atoms with Crippen molar-refractivity contribution in [2.24, 2.45) is 4.99 Å². The van der Waals surface area contributed by atoms with E-state index in [0.717, 1.165) is 11.4 Å². The third kappa shape index (κ3) is 5.91. The molecule has 2 amide bonds. The van der Waals surface area contributed by atoms with Crippen LogP contribution in [0.2, 0.25) is 0 Å². The van der Waals surface area contributed by atoms with Gasteiger partial charge in [0.25, 0.3) is 5.91 Å². The van der Waals surface area contributed by atoms with E-state index in [1.807, 2.05) is 48.2 Å². The number of sulfone groups is 1. The molecule has 2 atom stereocenters. The van der Waals surface area contributed by atoms with Crippen LogP contribution in [0.3, 0.4) is 0 Å². The van der Waals surface area contributed by atoms with Crippen molar-refractivity contribution in [1.82, 2.24) is 5.32 Å². The number of ether oxygens (including phenoxy) is 1. The first-order valence-corrected chi connectivity index (χ1v) is 12.6. The average molecular weight is 469 g/mol. The van der Waals surface area contributed by atoms with Crippen LogP contribution in [0.15, 0.2) is 29.3 Å². The predicted molar refractivity (Wildman–Crippen MR) is 124 cm³/mol. The van der Waals surface area contributed by atoms with Crippen LogP contribution in [-0.2, 0) is 19.4 Å². The number of amides is 2. The molecule has 2 aliphatic rings. The molecule has 2 aliphatic heterocycles. The number of amidine groups is 1. The molecular weight excluding hydrogens is 440 g/mol. The van der Waals surface area contributed by atoms with Crippen molar-refractivity contribution in [3.05, 3.63) is 24.3 Å². The lowest BCUT2D eigenvalue weighted by Crippen LogP contribution is -2.38. The summed E-state index contributed by atoms with van der Waals surface area (Å²) in [6, 6.07) is 7.36. The molecule has 0 radical (unpaired) electrons. The number of benzene rings is 1. The van der Waals surface area contributed by atoms with Crippen LogP contribution in [0.5, 0.6) is 0 Å². The van der Waals surface area contributed by atoms with E-state index in [1.54, 1.807) is 20.8 Å². The molecule has 3 rings (SSSR count). The lowest BCUT2D eigenvalue weighted by Gasteiger charge is -2.25. The van der Waals surface area contributed by atoms with Crippen LogP contribution in [0.1, 0.15) is 20.8 Å². The number of anilines is 2. The van der Waals surface area contributed by atoms with Gasteiger partial charge >= 0.3 is 6.09 Å². The number of rotatable bonds is 4. The van der Waals surface area contributed by atoms with Gasteiger partial charge in [0.2, 0.25) is 0 Å². The molecule has 2 saturated heterocycles. The standard InChI is InChI=1S/C20H28N4O5S2/c1-20(2,3)29-19(26)21-10-17(25)22-18-24(14-8-6-13(7-9-14)23(4)5)15-11-31(27,28)12-16(15)30-18/h6-9,15-16H,10-12H2,1-5H3,(H,21,26)/t15-,16-/m0/s1. The van der Waals surface area contributed by atoms with Crippen LogP contribution in [0.25, 0.3) is 0 Å². The molecule has 1 N–H and O–H groups in total. The third-order valence-electron chi connectivity index (χ3n) is 4.71. The fourth-order valence-corrected chi connectivity index (χ4v) is 7.32. The Labute approximate surface area is 187 Å². The van der Waals surface area contributed by atoms with Gasteiger partial charge in [-0.1, -0.05) is 11.8 Å². The van der Waals surface area contributed by atoms with E-state index in [1.165, 1.54) is 11.8 Å². The van der Waals surface area contributed by atoms with Gasteiger partial charge in [-0.3, -0.25) is 4.79 Å². The largest absolute Gasteiger partial charge is 0.444 e. The Morgan fingerprint density at radius 1 is 1.23 bits per heavy atom. The Morgan fingerprint density at radius 3 is 2.45 bits per heavy atom. The van der Waals surface area contributed by atoms with Gasteiger partial charge < -0.3 is 19.9 Å². The second-order valence-corrected chi connectivity index (χ2v) is 12.1. The molecule has 1 aromatic carbocycles. The number of hydrogen-bond donors (Lipinski definition) is 1. The summed E-state index contributed by atoms with van der Waals surface area (Å²) in [7, 11) is 0.725. The van der Waals surface area contributed by atoms with E-state index >= 15 is 0 Å². The van der Waals surface area contributed by atoms with Gasteiger partial charge in [0.15, 0.2) is 15.0 Å². The third-order valence-corrected chi connectivity index (χ3v) is 7.92. The van der Waals surface area contributed by atoms with Crippen molar-refractivity contribution in [1.29, 1.82) is 0 Å². The minimum Gasteiger partial charge on any atom is -0.444 e. The molecule has 9 nitrogen and oxygen atoms in total. The first kappa shape index (κ1) is 23.4. The highest BCUT2D eigenvalue weighted by Crippen LogP contribution is 2.41. The van der Waals surface area contributed by atoms with E-state index < -0.39 is 27.4 Å². The van der Waals surface area contributed by atoms with Crippen molar-refractivity contribution in [3.8, 4) is 0 Å². The first-order chi connectivity index (χ1) is 14.3. The Balaban J connectivity index is 1.79. The van der Waals surface area contributed by atoms with Crippen molar-refractivity contribution in [2.75, 3.05) is 41.9 Å². The summed E-state index contributed by atoms with van der Waals surface area (Å²) in [5, 5.41) is 2.66. The van der Waals surface area contributed by atoms with Crippen LogP contribution >= 0.6 is 11.8 Å². The maximum Gasteiger partial charge on any atom is 0.408 e. The molecule has 0 saturated carbocycles. The zero-order valence-electron chi connectivity index (χ0n) is 18.3. The van der Waals surface area contributed by atoms with E-state index in [-0.39, 0.29) is 29.3 Å². The summed E-state index contributed by atoms with van der Waals surface area (Å²) < 4.78 is 29.5. The summed E-state index contributed by atoms with van der Waals surface area (Å²) in [4.78, 5) is 32.2. The monoisotopic (exact) mass is 468 g/mol. The molecule has 11 heteroatoms. The number of thioether (sulfide) groups is 1.